The first-order valence-corrected chi connectivity index (χ1v) is 5.66. The van der Waals surface area contributed by atoms with Gasteiger partial charge in [0.2, 0.25) is 0 Å². The van der Waals surface area contributed by atoms with Gasteiger partial charge in [0.15, 0.2) is 0 Å². The second-order valence-corrected chi connectivity index (χ2v) is 4.59. The highest BCUT2D eigenvalue weighted by atomic mass is 16.5. The lowest BCUT2D eigenvalue weighted by molar-refractivity contribution is -0.0979. The lowest BCUT2D eigenvalue weighted by Gasteiger charge is -2.45. The molecule has 1 aliphatic carbocycles. The van der Waals surface area contributed by atoms with Crippen LogP contribution in [0, 0.1) is 0 Å². The predicted molar refractivity (Wildman–Crippen MR) is 53.8 cm³/mol. The Kier molecular flexibility index (Phi) is 2.89. The van der Waals surface area contributed by atoms with Crippen molar-refractivity contribution in [2.24, 2.45) is 0 Å². The highest BCUT2D eigenvalue weighted by molar-refractivity contribution is 4.88. The van der Waals surface area contributed by atoms with Crippen molar-refractivity contribution in [3.05, 3.63) is 0 Å². The van der Waals surface area contributed by atoms with Crippen LogP contribution in [-0.2, 0) is 4.74 Å². The molecule has 1 heterocycles. The van der Waals surface area contributed by atoms with Crippen LogP contribution in [0.1, 0.15) is 39.5 Å². The minimum absolute atomic E-state index is 0.546. The van der Waals surface area contributed by atoms with Crippen molar-refractivity contribution in [1.29, 1.82) is 0 Å². The van der Waals surface area contributed by atoms with Gasteiger partial charge in [-0.25, -0.2) is 0 Å². The van der Waals surface area contributed by atoms with Crippen LogP contribution in [-0.4, -0.2) is 36.2 Å². The Hall–Kier alpha value is -0.0800. The van der Waals surface area contributed by atoms with Gasteiger partial charge in [-0.3, -0.25) is 4.90 Å². The third-order valence-corrected chi connectivity index (χ3v) is 3.44. The van der Waals surface area contributed by atoms with Crippen LogP contribution in [0.25, 0.3) is 0 Å². The molecule has 0 N–H and O–H groups in total. The van der Waals surface area contributed by atoms with Crippen LogP contribution < -0.4 is 0 Å². The quantitative estimate of drug-likeness (QED) is 0.617. The van der Waals surface area contributed by atoms with Crippen LogP contribution in [0.15, 0.2) is 0 Å². The van der Waals surface area contributed by atoms with Gasteiger partial charge in [-0.1, -0.05) is 12.8 Å². The Labute approximate surface area is 81.3 Å². The maximum Gasteiger partial charge on any atom is 0.0731 e. The van der Waals surface area contributed by atoms with Gasteiger partial charge in [0.25, 0.3) is 0 Å². The molecule has 0 unspecified atom stereocenters. The number of hydrogen-bond acceptors (Lipinski definition) is 2. The number of nitrogens with zero attached hydrogens (tertiary/aromatic N) is 1. The molecule has 2 rings (SSSR count). The van der Waals surface area contributed by atoms with E-state index in [0.717, 1.165) is 19.2 Å². The Morgan fingerprint density at radius 2 is 2.00 bits per heavy atom. The Morgan fingerprint density at radius 3 is 2.77 bits per heavy atom. The lowest BCUT2D eigenvalue weighted by Crippen LogP contribution is -2.54. The van der Waals surface area contributed by atoms with Crippen LogP contribution in [0.4, 0.5) is 0 Å². The van der Waals surface area contributed by atoms with Crippen molar-refractivity contribution >= 4 is 0 Å². The van der Waals surface area contributed by atoms with E-state index in [0.29, 0.717) is 12.1 Å². The summed E-state index contributed by atoms with van der Waals surface area (Å²) in [6.07, 6.45) is 5.95. The van der Waals surface area contributed by atoms with Gasteiger partial charge in [-0.15, -0.1) is 0 Å². The fourth-order valence-corrected chi connectivity index (χ4v) is 2.77. The number of ether oxygens (including phenoxy) is 1. The minimum Gasteiger partial charge on any atom is -0.375 e. The first-order valence-electron chi connectivity index (χ1n) is 5.66. The molecule has 0 bridgehead atoms. The molecular weight excluding hydrogens is 162 g/mol. The molecule has 1 saturated heterocycles. The zero-order valence-corrected chi connectivity index (χ0v) is 8.83. The molecule has 2 nitrogen and oxygen atoms in total. The van der Waals surface area contributed by atoms with Crippen LogP contribution >= 0.6 is 0 Å². The Balaban J connectivity index is 2.02. The van der Waals surface area contributed by atoms with Gasteiger partial charge >= 0.3 is 0 Å². The van der Waals surface area contributed by atoms with E-state index in [-0.39, 0.29) is 0 Å². The summed E-state index contributed by atoms with van der Waals surface area (Å²) in [5, 5.41) is 0. The fraction of sp³-hybridized carbons (Fsp3) is 1.00. The summed E-state index contributed by atoms with van der Waals surface area (Å²) in [6, 6.07) is 1.41. The highest BCUT2D eigenvalue weighted by Gasteiger charge is 2.34. The van der Waals surface area contributed by atoms with Gasteiger partial charge in [0.05, 0.1) is 12.7 Å². The zero-order chi connectivity index (χ0) is 9.26. The van der Waals surface area contributed by atoms with Gasteiger partial charge in [0, 0.05) is 18.6 Å². The summed E-state index contributed by atoms with van der Waals surface area (Å²) in [7, 11) is 0. The molecule has 13 heavy (non-hydrogen) atoms. The van der Waals surface area contributed by atoms with Crippen LogP contribution in [0.2, 0.25) is 0 Å². The second-order valence-electron chi connectivity index (χ2n) is 4.59. The zero-order valence-electron chi connectivity index (χ0n) is 8.83. The minimum atomic E-state index is 0.546. The van der Waals surface area contributed by atoms with Gasteiger partial charge < -0.3 is 4.74 Å². The molecule has 0 aromatic rings. The summed E-state index contributed by atoms with van der Waals surface area (Å²) in [5.41, 5.74) is 0. The maximum absolute atomic E-state index is 5.82. The summed E-state index contributed by atoms with van der Waals surface area (Å²) in [4.78, 5) is 2.63. The molecule has 2 aliphatic rings. The van der Waals surface area contributed by atoms with Gasteiger partial charge in [-0.05, 0) is 26.7 Å². The van der Waals surface area contributed by atoms with E-state index >= 15 is 0 Å². The summed E-state index contributed by atoms with van der Waals surface area (Å²) >= 11 is 0. The second kappa shape index (κ2) is 3.97. The number of hydrogen-bond donors (Lipinski definition) is 0. The molecule has 0 aromatic heterocycles. The first kappa shape index (κ1) is 9.47. The van der Waals surface area contributed by atoms with Crippen molar-refractivity contribution in [1.82, 2.24) is 4.90 Å². The molecule has 0 spiro atoms. The third-order valence-electron chi connectivity index (χ3n) is 3.44. The normalized spacial score (nSPS) is 36.2. The standard InChI is InChI=1S/C11H21NO/c1-9(2)12-7-8-13-11-6-4-3-5-10(11)12/h9-11H,3-8H2,1-2H3/t10-,11+/m1/s1. The van der Waals surface area contributed by atoms with E-state index in [4.69, 9.17) is 4.74 Å². The molecule has 1 aliphatic heterocycles. The SMILES string of the molecule is CC(C)N1CCO[C@H]2CCCC[C@H]21. The summed E-state index contributed by atoms with van der Waals surface area (Å²) < 4.78 is 5.82. The molecule has 2 atom stereocenters. The van der Waals surface area contributed by atoms with E-state index in [9.17, 15) is 0 Å². The molecule has 0 aromatic carbocycles. The number of morpholine rings is 1. The van der Waals surface area contributed by atoms with Crippen molar-refractivity contribution in [2.45, 2.75) is 57.7 Å². The van der Waals surface area contributed by atoms with Crippen molar-refractivity contribution in [2.75, 3.05) is 13.2 Å². The molecular formula is C11H21NO. The van der Waals surface area contributed by atoms with Crippen molar-refractivity contribution < 1.29 is 4.74 Å². The molecule has 0 radical (unpaired) electrons. The molecule has 76 valence electrons. The average molecular weight is 183 g/mol. The smallest absolute Gasteiger partial charge is 0.0731 e. The van der Waals surface area contributed by atoms with E-state index in [1.165, 1.54) is 25.7 Å². The van der Waals surface area contributed by atoms with Crippen LogP contribution in [0.5, 0.6) is 0 Å². The highest BCUT2D eigenvalue weighted by Crippen LogP contribution is 2.29. The van der Waals surface area contributed by atoms with Gasteiger partial charge in [-0.2, -0.15) is 0 Å². The molecule has 2 fully saturated rings. The van der Waals surface area contributed by atoms with E-state index in [2.05, 4.69) is 18.7 Å². The van der Waals surface area contributed by atoms with E-state index in [1.807, 2.05) is 0 Å². The largest absolute Gasteiger partial charge is 0.375 e. The molecule has 1 saturated carbocycles. The predicted octanol–water partition coefficient (Wildman–Crippen LogP) is 2.04. The summed E-state index contributed by atoms with van der Waals surface area (Å²) in [6.45, 7) is 6.69. The van der Waals surface area contributed by atoms with E-state index in [1.54, 1.807) is 0 Å². The Morgan fingerprint density at radius 1 is 1.23 bits per heavy atom. The monoisotopic (exact) mass is 183 g/mol. The van der Waals surface area contributed by atoms with Gasteiger partial charge in [0.1, 0.15) is 0 Å². The topological polar surface area (TPSA) is 12.5 Å². The molecule has 2 heteroatoms. The maximum atomic E-state index is 5.82. The lowest BCUT2D eigenvalue weighted by atomic mass is 9.89. The van der Waals surface area contributed by atoms with Crippen molar-refractivity contribution in [3.63, 3.8) is 0 Å². The number of rotatable bonds is 1. The number of fused-ring (bicyclic) bond motifs is 1. The van der Waals surface area contributed by atoms with E-state index < -0.39 is 0 Å². The van der Waals surface area contributed by atoms with Crippen LogP contribution in [0.3, 0.4) is 0 Å². The third kappa shape index (κ3) is 1.89. The average Bonchev–Trinajstić information content (AvgIpc) is 2.17. The summed E-state index contributed by atoms with van der Waals surface area (Å²) in [5.74, 6) is 0. The first-order chi connectivity index (χ1) is 6.29. The molecule has 0 amide bonds. The Bertz CT molecular complexity index is 167. The fourth-order valence-electron chi connectivity index (χ4n) is 2.77. The van der Waals surface area contributed by atoms with Crippen molar-refractivity contribution in [3.8, 4) is 0 Å².